The van der Waals surface area contributed by atoms with Crippen molar-refractivity contribution < 1.29 is 28.6 Å². The summed E-state index contributed by atoms with van der Waals surface area (Å²) < 4.78 is 15.7. The average Bonchev–Trinajstić information content (AvgIpc) is 2.66. The van der Waals surface area contributed by atoms with Crippen molar-refractivity contribution in [3.63, 3.8) is 0 Å². The fraction of sp³-hybridized carbons (Fsp3) is 0.500. The van der Waals surface area contributed by atoms with Gasteiger partial charge in [-0.05, 0) is 0 Å². The van der Waals surface area contributed by atoms with E-state index in [9.17, 15) is 14.4 Å². The molecule has 1 N–H and O–H groups in total. The molecule has 0 unspecified atom stereocenters. The zero-order chi connectivity index (χ0) is 20.0. The second-order valence-corrected chi connectivity index (χ2v) is 6.03. The van der Waals surface area contributed by atoms with Gasteiger partial charge in [-0.15, -0.1) is 0 Å². The number of carbonyl (C=O) groups is 3. The fourth-order valence-corrected chi connectivity index (χ4v) is 2.88. The van der Waals surface area contributed by atoms with E-state index in [4.69, 9.17) is 14.2 Å². The van der Waals surface area contributed by atoms with Gasteiger partial charge in [-0.2, -0.15) is 0 Å². The third-order valence-corrected chi connectivity index (χ3v) is 4.34. The number of ether oxygens (including phenoxy) is 3. The van der Waals surface area contributed by atoms with Gasteiger partial charge in [-0.25, -0.2) is 0 Å². The van der Waals surface area contributed by atoms with Crippen LogP contribution < -0.4 is 19.5 Å². The number of piperazine rings is 1. The van der Waals surface area contributed by atoms with E-state index in [1.54, 1.807) is 21.9 Å². The first-order chi connectivity index (χ1) is 12.9. The summed E-state index contributed by atoms with van der Waals surface area (Å²) in [7, 11) is 4.45. The SMILES string of the molecule is COc1cc(NC(=O)CC(=O)N2CCN(C(C)=O)CC2)cc(OC)c1OC. The van der Waals surface area contributed by atoms with Crippen LogP contribution >= 0.6 is 0 Å². The normalized spacial score (nSPS) is 13.8. The van der Waals surface area contributed by atoms with E-state index in [1.807, 2.05) is 0 Å². The molecule has 0 bridgehead atoms. The van der Waals surface area contributed by atoms with Crippen LogP contribution in [0.15, 0.2) is 12.1 Å². The molecule has 1 aromatic carbocycles. The highest BCUT2D eigenvalue weighted by molar-refractivity contribution is 6.03. The van der Waals surface area contributed by atoms with Gasteiger partial charge in [-0.3, -0.25) is 14.4 Å². The molecule has 27 heavy (non-hydrogen) atoms. The molecule has 0 saturated carbocycles. The molecule has 9 nitrogen and oxygen atoms in total. The lowest BCUT2D eigenvalue weighted by atomic mass is 10.2. The Balaban J connectivity index is 1.97. The summed E-state index contributed by atoms with van der Waals surface area (Å²) >= 11 is 0. The Morgan fingerprint density at radius 1 is 0.926 bits per heavy atom. The Labute approximate surface area is 158 Å². The third-order valence-electron chi connectivity index (χ3n) is 4.34. The van der Waals surface area contributed by atoms with Crippen LogP contribution in [0.2, 0.25) is 0 Å². The number of benzene rings is 1. The lowest BCUT2D eigenvalue weighted by Crippen LogP contribution is -2.50. The van der Waals surface area contributed by atoms with E-state index in [0.717, 1.165) is 0 Å². The topological polar surface area (TPSA) is 97.4 Å². The average molecular weight is 379 g/mol. The van der Waals surface area contributed by atoms with Crippen molar-refractivity contribution in [1.82, 2.24) is 9.80 Å². The molecule has 1 aliphatic heterocycles. The highest BCUT2D eigenvalue weighted by Gasteiger charge is 2.24. The number of carbonyl (C=O) groups excluding carboxylic acids is 3. The molecule has 1 fully saturated rings. The third kappa shape index (κ3) is 5.02. The van der Waals surface area contributed by atoms with Crippen molar-refractivity contribution in [2.24, 2.45) is 0 Å². The van der Waals surface area contributed by atoms with Crippen molar-refractivity contribution >= 4 is 23.4 Å². The second kappa shape index (κ2) is 9.11. The van der Waals surface area contributed by atoms with Crippen LogP contribution in [0.4, 0.5) is 5.69 Å². The molecule has 0 radical (unpaired) electrons. The van der Waals surface area contributed by atoms with Gasteiger partial charge < -0.3 is 29.3 Å². The van der Waals surface area contributed by atoms with Gasteiger partial charge >= 0.3 is 0 Å². The molecule has 0 atom stereocenters. The van der Waals surface area contributed by atoms with Gasteiger partial charge in [0.15, 0.2) is 11.5 Å². The van der Waals surface area contributed by atoms with Gasteiger partial charge in [-0.1, -0.05) is 0 Å². The van der Waals surface area contributed by atoms with E-state index < -0.39 is 5.91 Å². The molecule has 1 saturated heterocycles. The number of methoxy groups -OCH3 is 3. The minimum atomic E-state index is -0.441. The Morgan fingerprint density at radius 2 is 1.44 bits per heavy atom. The molecular formula is C18H25N3O6. The smallest absolute Gasteiger partial charge is 0.233 e. The number of nitrogens with one attached hydrogen (secondary N) is 1. The van der Waals surface area contributed by atoms with E-state index in [-0.39, 0.29) is 18.2 Å². The first kappa shape index (κ1) is 20.3. The van der Waals surface area contributed by atoms with E-state index >= 15 is 0 Å². The van der Waals surface area contributed by atoms with Crippen molar-refractivity contribution in [3.05, 3.63) is 12.1 Å². The van der Waals surface area contributed by atoms with Crippen molar-refractivity contribution in [3.8, 4) is 17.2 Å². The highest BCUT2D eigenvalue weighted by atomic mass is 16.5. The number of hydrogen-bond acceptors (Lipinski definition) is 6. The summed E-state index contributed by atoms with van der Waals surface area (Å²) in [6, 6.07) is 3.19. The van der Waals surface area contributed by atoms with Crippen molar-refractivity contribution in [2.45, 2.75) is 13.3 Å². The van der Waals surface area contributed by atoms with Crippen LogP contribution in [0.25, 0.3) is 0 Å². The molecule has 1 heterocycles. The monoisotopic (exact) mass is 379 g/mol. The molecule has 0 aliphatic carbocycles. The van der Waals surface area contributed by atoms with Gasteiger partial charge in [0.25, 0.3) is 0 Å². The van der Waals surface area contributed by atoms with Crippen molar-refractivity contribution in [1.29, 1.82) is 0 Å². The van der Waals surface area contributed by atoms with Crippen LogP contribution in [-0.2, 0) is 14.4 Å². The van der Waals surface area contributed by atoms with Crippen molar-refractivity contribution in [2.75, 3.05) is 52.8 Å². The zero-order valence-electron chi connectivity index (χ0n) is 16.0. The first-order valence-corrected chi connectivity index (χ1v) is 8.52. The minimum absolute atomic E-state index is 0.0118. The summed E-state index contributed by atoms with van der Waals surface area (Å²) in [6.07, 6.45) is -0.281. The van der Waals surface area contributed by atoms with Gasteiger partial charge in [0, 0.05) is 50.9 Å². The number of amides is 3. The maximum atomic E-state index is 12.3. The zero-order valence-corrected chi connectivity index (χ0v) is 16.0. The van der Waals surface area contributed by atoms with Crippen LogP contribution in [0.5, 0.6) is 17.2 Å². The van der Waals surface area contributed by atoms with Crippen LogP contribution in [0, 0.1) is 0 Å². The largest absolute Gasteiger partial charge is 0.493 e. The predicted molar refractivity (Wildman–Crippen MR) is 98.2 cm³/mol. The quantitative estimate of drug-likeness (QED) is 0.732. The van der Waals surface area contributed by atoms with Crippen LogP contribution in [0.3, 0.4) is 0 Å². The number of hydrogen-bond donors (Lipinski definition) is 1. The predicted octanol–water partition coefficient (Wildman–Crippen LogP) is 0.732. The molecular weight excluding hydrogens is 354 g/mol. The maximum Gasteiger partial charge on any atom is 0.233 e. The summed E-state index contributed by atoms with van der Waals surface area (Å²) in [4.78, 5) is 39.2. The fourth-order valence-electron chi connectivity index (χ4n) is 2.88. The Hall–Kier alpha value is -2.97. The van der Waals surface area contributed by atoms with Crippen LogP contribution in [0.1, 0.15) is 13.3 Å². The second-order valence-electron chi connectivity index (χ2n) is 6.03. The molecule has 148 valence electrons. The molecule has 0 aromatic heterocycles. The lowest BCUT2D eigenvalue weighted by Gasteiger charge is -2.34. The summed E-state index contributed by atoms with van der Waals surface area (Å²) in [5.41, 5.74) is 0.434. The van der Waals surface area contributed by atoms with E-state index in [0.29, 0.717) is 49.1 Å². The Kier molecular flexibility index (Phi) is 6.86. The van der Waals surface area contributed by atoms with Crippen LogP contribution in [-0.4, -0.2) is 75.0 Å². The Bertz CT molecular complexity index is 688. The summed E-state index contributed by atoms with van der Waals surface area (Å²) in [5.74, 6) is 0.490. The molecule has 9 heteroatoms. The van der Waals surface area contributed by atoms with Gasteiger partial charge in [0.05, 0.1) is 21.3 Å². The van der Waals surface area contributed by atoms with Gasteiger partial charge in [0.1, 0.15) is 6.42 Å². The van der Waals surface area contributed by atoms with Gasteiger partial charge in [0.2, 0.25) is 23.5 Å². The molecule has 0 spiro atoms. The number of anilines is 1. The first-order valence-electron chi connectivity index (χ1n) is 8.52. The lowest BCUT2D eigenvalue weighted by molar-refractivity contribution is -0.140. The minimum Gasteiger partial charge on any atom is -0.493 e. The molecule has 1 aromatic rings. The maximum absolute atomic E-state index is 12.3. The summed E-state index contributed by atoms with van der Waals surface area (Å²) in [6.45, 7) is 3.32. The summed E-state index contributed by atoms with van der Waals surface area (Å²) in [5, 5.41) is 2.67. The molecule has 1 aliphatic rings. The standard InChI is InChI=1S/C18H25N3O6/c1-12(22)20-5-7-21(8-6-20)17(24)11-16(23)19-13-9-14(25-2)18(27-4)15(10-13)26-3/h9-10H,5-8,11H2,1-4H3,(H,19,23). The van der Waals surface area contributed by atoms with E-state index in [2.05, 4.69) is 5.32 Å². The Morgan fingerprint density at radius 3 is 1.89 bits per heavy atom. The molecule has 3 amide bonds. The number of nitrogens with zero attached hydrogens (tertiary/aromatic N) is 2. The van der Waals surface area contributed by atoms with E-state index in [1.165, 1.54) is 28.3 Å². The molecule has 2 rings (SSSR count). The number of rotatable bonds is 6. The highest BCUT2D eigenvalue weighted by Crippen LogP contribution is 2.39.